The van der Waals surface area contributed by atoms with Crippen LogP contribution in [0.3, 0.4) is 0 Å². The first kappa shape index (κ1) is 20.5. The van der Waals surface area contributed by atoms with Crippen LogP contribution in [0.25, 0.3) is 0 Å². The summed E-state index contributed by atoms with van der Waals surface area (Å²) in [7, 11) is 0. The summed E-state index contributed by atoms with van der Waals surface area (Å²) in [6, 6.07) is 9.00. The van der Waals surface area contributed by atoms with Gasteiger partial charge in [-0.25, -0.2) is 0 Å². The van der Waals surface area contributed by atoms with Gasteiger partial charge in [0.2, 0.25) is 0 Å². The number of benzene rings is 1. The van der Waals surface area contributed by atoms with E-state index in [-0.39, 0.29) is 5.41 Å². The largest absolute Gasteiger partial charge is 0.363 e. The minimum Gasteiger partial charge on any atom is -0.363 e. The summed E-state index contributed by atoms with van der Waals surface area (Å²) in [4.78, 5) is 2.59. The van der Waals surface area contributed by atoms with Gasteiger partial charge in [-0.3, -0.25) is 4.90 Å². The molecule has 142 valence electrons. The smallest absolute Gasteiger partial charge is 0.110 e. The van der Waals surface area contributed by atoms with E-state index in [0.29, 0.717) is 12.1 Å². The molecule has 0 amide bonds. The van der Waals surface area contributed by atoms with Crippen molar-refractivity contribution in [3.63, 3.8) is 0 Å². The highest BCUT2D eigenvalue weighted by Crippen LogP contribution is 2.28. The Labute approximate surface area is 156 Å². The van der Waals surface area contributed by atoms with Gasteiger partial charge in [0.15, 0.2) is 0 Å². The van der Waals surface area contributed by atoms with Gasteiger partial charge in [0.25, 0.3) is 0 Å². The lowest BCUT2D eigenvalue weighted by molar-refractivity contribution is -0.0870. The van der Waals surface area contributed by atoms with Crippen LogP contribution in [0.15, 0.2) is 24.3 Å². The van der Waals surface area contributed by atoms with Gasteiger partial charge < -0.3 is 4.74 Å². The number of ether oxygens (including phenoxy) is 1. The van der Waals surface area contributed by atoms with Crippen molar-refractivity contribution in [1.29, 1.82) is 0 Å². The SMILES string of the molecule is CCCN(CCC(C)Cc1ccccc1C(C)(C)C)C1CCCCO1. The monoisotopic (exact) mass is 345 g/mol. The van der Waals surface area contributed by atoms with Gasteiger partial charge in [-0.05, 0) is 61.0 Å². The number of hydrogen-bond acceptors (Lipinski definition) is 2. The molecule has 0 N–H and O–H groups in total. The van der Waals surface area contributed by atoms with Crippen molar-refractivity contribution in [2.45, 2.75) is 84.8 Å². The summed E-state index contributed by atoms with van der Waals surface area (Å²) in [5, 5.41) is 0. The second-order valence-electron chi connectivity index (χ2n) is 8.86. The van der Waals surface area contributed by atoms with Crippen LogP contribution in [0.5, 0.6) is 0 Å². The second-order valence-corrected chi connectivity index (χ2v) is 8.86. The molecule has 2 nitrogen and oxygen atoms in total. The van der Waals surface area contributed by atoms with Crippen molar-refractivity contribution in [3.8, 4) is 0 Å². The van der Waals surface area contributed by atoms with Crippen molar-refractivity contribution in [3.05, 3.63) is 35.4 Å². The molecule has 0 aromatic heterocycles. The van der Waals surface area contributed by atoms with E-state index in [9.17, 15) is 0 Å². The Balaban J connectivity index is 1.92. The zero-order valence-electron chi connectivity index (χ0n) is 17.2. The van der Waals surface area contributed by atoms with Gasteiger partial charge in [0, 0.05) is 19.7 Å². The maximum atomic E-state index is 6.03. The minimum absolute atomic E-state index is 0.223. The second kappa shape index (κ2) is 9.73. The fourth-order valence-corrected chi connectivity index (χ4v) is 3.99. The average Bonchev–Trinajstić information content (AvgIpc) is 2.59. The molecule has 0 saturated carbocycles. The van der Waals surface area contributed by atoms with E-state index in [0.717, 1.165) is 19.7 Å². The van der Waals surface area contributed by atoms with Crippen molar-refractivity contribution < 1.29 is 4.74 Å². The third-order valence-corrected chi connectivity index (χ3v) is 5.38. The Morgan fingerprint density at radius 2 is 1.92 bits per heavy atom. The minimum atomic E-state index is 0.223. The molecule has 0 bridgehead atoms. The van der Waals surface area contributed by atoms with E-state index >= 15 is 0 Å². The predicted octanol–water partition coefficient (Wildman–Crippen LogP) is 5.79. The van der Waals surface area contributed by atoms with Crippen LogP contribution in [-0.4, -0.2) is 30.8 Å². The summed E-state index contributed by atoms with van der Waals surface area (Å²) in [5.74, 6) is 0.700. The summed E-state index contributed by atoms with van der Waals surface area (Å²) < 4.78 is 6.03. The van der Waals surface area contributed by atoms with Crippen molar-refractivity contribution in [2.75, 3.05) is 19.7 Å². The molecule has 2 unspecified atom stereocenters. The number of rotatable bonds is 8. The van der Waals surface area contributed by atoms with Gasteiger partial charge in [-0.15, -0.1) is 0 Å². The lowest BCUT2D eigenvalue weighted by Crippen LogP contribution is -2.41. The Bertz CT molecular complexity index is 499. The quantitative estimate of drug-likeness (QED) is 0.591. The van der Waals surface area contributed by atoms with Gasteiger partial charge in [0.05, 0.1) is 0 Å². The maximum absolute atomic E-state index is 6.03. The molecule has 2 atom stereocenters. The molecule has 2 heteroatoms. The lowest BCUT2D eigenvalue weighted by atomic mass is 9.81. The van der Waals surface area contributed by atoms with E-state index in [1.807, 2.05) is 0 Å². The molecule has 1 aromatic rings. The van der Waals surface area contributed by atoms with Crippen LogP contribution >= 0.6 is 0 Å². The van der Waals surface area contributed by atoms with Gasteiger partial charge in [-0.1, -0.05) is 58.9 Å². The summed E-state index contributed by atoms with van der Waals surface area (Å²) in [6.45, 7) is 14.9. The standard InChI is InChI=1S/C23H39NO/c1-6-15-24(22-13-9-10-17-25-22)16-14-19(2)18-20-11-7-8-12-21(20)23(3,4)5/h7-8,11-12,19,22H,6,9-10,13-18H2,1-5H3. The summed E-state index contributed by atoms with van der Waals surface area (Å²) >= 11 is 0. The molecule has 1 heterocycles. The van der Waals surface area contributed by atoms with E-state index in [1.54, 1.807) is 0 Å². The van der Waals surface area contributed by atoms with Gasteiger partial charge in [-0.2, -0.15) is 0 Å². The molecule has 0 spiro atoms. The summed E-state index contributed by atoms with van der Waals surface area (Å²) in [6.07, 6.45) is 7.76. The van der Waals surface area contributed by atoms with Crippen LogP contribution in [0.2, 0.25) is 0 Å². The lowest BCUT2D eigenvalue weighted by Gasteiger charge is -2.34. The molecule has 1 aromatic carbocycles. The molecular formula is C23H39NO. The van der Waals surface area contributed by atoms with E-state index < -0.39 is 0 Å². The van der Waals surface area contributed by atoms with Gasteiger partial charge in [0.1, 0.15) is 6.23 Å². The Morgan fingerprint density at radius 3 is 2.56 bits per heavy atom. The fourth-order valence-electron chi connectivity index (χ4n) is 3.99. The topological polar surface area (TPSA) is 12.5 Å². The van der Waals surface area contributed by atoms with Crippen LogP contribution in [-0.2, 0) is 16.6 Å². The molecular weight excluding hydrogens is 306 g/mol. The van der Waals surface area contributed by atoms with E-state index in [4.69, 9.17) is 4.74 Å². The third-order valence-electron chi connectivity index (χ3n) is 5.38. The number of nitrogens with zero attached hydrogens (tertiary/aromatic N) is 1. The summed E-state index contributed by atoms with van der Waals surface area (Å²) in [5.41, 5.74) is 3.25. The van der Waals surface area contributed by atoms with Crippen molar-refractivity contribution in [1.82, 2.24) is 4.90 Å². The first-order chi connectivity index (χ1) is 11.9. The molecule has 0 radical (unpaired) electrons. The average molecular weight is 346 g/mol. The van der Waals surface area contributed by atoms with Crippen LogP contribution in [0, 0.1) is 5.92 Å². The third kappa shape index (κ3) is 6.42. The Hall–Kier alpha value is -0.860. The molecule has 1 fully saturated rings. The fraction of sp³-hybridized carbons (Fsp3) is 0.739. The van der Waals surface area contributed by atoms with Crippen LogP contribution in [0.4, 0.5) is 0 Å². The van der Waals surface area contributed by atoms with E-state index in [1.165, 1.54) is 49.7 Å². The van der Waals surface area contributed by atoms with Crippen molar-refractivity contribution in [2.24, 2.45) is 5.92 Å². The maximum Gasteiger partial charge on any atom is 0.110 e. The number of hydrogen-bond donors (Lipinski definition) is 0. The highest BCUT2D eigenvalue weighted by molar-refractivity contribution is 5.33. The van der Waals surface area contributed by atoms with Crippen molar-refractivity contribution >= 4 is 0 Å². The first-order valence-corrected chi connectivity index (χ1v) is 10.4. The zero-order chi connectivity index (χ0) is 18.3. The Kier molecular flexibility index (Phi) is 7.96. The van der Waals surface area contributed by atoms with Crippen LogP contribution < -0.4 is 0 Å². The molecule has 1 saturated heterocycles. The highest BCUT2D eigenvalue weighted by Gasteiger charge is 2.22. The molecule has 1 aliphatic heterocycles. The highest BCUT2D eigenvalue weighted by atomic mass is 16.5. The Morgan fingerprint density at radius 1 is 1.16 bits per heavy atom. The molecule has 1 aliphatic rings. The normalized spacial score (nSPS) is 20.0. The molecule has 25 heavy (non-hydrogen) atoms. The first-order valence-electron chi connectivity index (χ1n) is 10.4. The van der Waals surface area contributed by atoms with Crippen LogP contribution in [0.1, 0.15) is 77.8 Å². The molecule has 0 aliphatic carbocycles. The molecule has 2 rings (SSSR count). The van der Waals surface area contributed by atoms with E-state index in [2.05, 4.69) is 63.8 Å². The predicted molar refractivity (Wildman–Crippen MR) is 108 cm³/mol. The van der Waals surface area contributed by atoms with Gasteiger partial charge >= 0.3 is 0 Å². The zero-order valence-corrected chi connectivity index (χ0v) is 17.2.